The SMILES string of the molecule is CCCn1cncc1CNc1cc(Cl)ccc1N(C)C. The third-order valence-corrected chi connectivity index (χ3v) is 3.40. The minimum absolute atomic E-state index is 0.736. The molecule has 5 heteroatoms. The molecule has 0 amide bonds. The fraction of sp³-hybridized carbons (Fsp3) is 0.400. The molecule has 4 nitrogen and oxygen atoms in total. The topological polar surface area (TPSA) is 33.1 Å². The number of anilines is 2. The predicted molar refractivity (Wildman–Crippen MR) is 85.6 cm³/mol. The Balaban J connectivity index is 2.14. The molecule has 1 N–H and O–H groups in total. The first-order valence-corrected chi connectivity index (χ1v) is 7.19. The Kier molecular flexibility index (Phi) is 4.90. The van der Waals surface area contributed by atoms with Crippen LogP contribution in [0.2, 0.25) is 5.02 Å². The Morgan fingerprint density at radius 2 is 2.15 bits per heavy atom. The zero-order chi connectivity index (χ0) is 14.5. The number of nitrogens with zero attached hydrogens (tertiary/aromatic N) is 3. The van der Waals surface area contributed by atoms with Gasteiger partial charge >= 0.3 is 0 Å². The molecule has 0 aliphatic rings. The number of rotatable bonds is 6. The van der Waals surface area contributed by atoms with Crippen molar-refractivity contribution in [3.05, 3.63) is 41.4 Å². The van der Waals surface area contributed by atoms with Crippen LogP contribution in [-0.4, -0.2) is 23.6 Å². The van der Waals surface area contributed by atoms with Crippen LogP contribution in [0.5, 0.6) is 0 Å². The van der Waals surface area contributed by atoms with E-state index < -0.39 is 0 Å². The Hall–Kier alpha value is -1.68. The summed E-state index contributed by atoms with van der Waals surface area (Å²) in [7, 11) is 4.05. The minimum atomic E-state index is 0.736. The third kappa shape index (κ3) is 3.45. The van der Waals surface area contributed by atoms with Crippen LogP contribution >= 0.6 is 11.6 Å². The fourth-order valence-corrected chi connectivity index (χ4v) is 2.34. The highest BCUT2D eigenvalue weighted by molar-refractivity contribution is 6.31. The molecule has 2 aromatic rings. The van der Waals surface area contributed by atoms with Gasteiger partial charge in [0.05, 0.1) is 29.9 Å². The van der Waals surface area contributed by atoms with Gasteiger partial charge in [-0.25, -0.2) is 4.98 Å². The van der Waals surface area contributed by atoms with Crippen molar-refractivity contribution in [1.82, 2.24) is 9.55 Å². The maximum Gasteiger partial charge on any atom is 0.0948 e. The van der Waals surface area contributed by atoms with Gasteiger partial charge in [0.2, 0.25) is 0 Å². The van der Waals surface area contributed by atoms with Gasteiger partial charge in [-0.3, -0.25) is 0 Å². The second-order valence-corrected chi connectivity index (χ2v) is 5.42. The van der Waals surface area contributed by atoms with Gasteiger partial charge in [-0.05, 0) is 24.6 Å². The molecular formula is C15H21ClN4. The molecule has 0 radical (unpaired) electrons. The molecule has 2 rings (SSSR count). The Bertz CT molecular complexity index is 563. The van der Waals surface area contributed by atoms with Crippen LogP contribution in [0.1, 0.15) is 19.0 Å². The molecule has 0 unspecified atom stereocenters. The molecule has 0 atom stereocenters. The van der Waals surface area contributed by atoms with Crippen molar-refractivity contribution >= 4 is 23.0 Å². The van der Waals surface area contributed by atoms with Crippen molar-refractivity contribution in [1.29, 1.82) is 0 Å². The summed E-state index contributed by atoms with van der Waals surface area (Å²) in [6, 6.07) is 5.88. The van der Waals surface area contributed by atoms with Gasteiger partial charge in [-0.1, -0.05) is 18.5 Å². The van der Waals surface area contributed by atoms with E-state index in [2.05, 4.69) is 26.7 Å². The van der Waals surface area contributed by atoms with Crippen molar-refractivity contribution in [3.63, 3.8) is 0 Å². The number of nitrogens with one attached hydrogen (secondary N) is 1. The normalized spacial score (nSPS) is 10.6. The molecular weight excluding hydrogens is 272 g/mol. The lowest BCUT2D eigenvalue weighted by molar-refractivity contribution is 0.651. The van der Waals surface area contributed by atoms with Crippen LogP contribution < -0.4 is 10.2 Å². The Morgan fingerprint density at radius 1 is 1.35 bits per heavy atom. The van der Waals surface area contributed by atoms with Gasteiger partial charge in [0.15, 0.2) is 0 Å². The van der Waals surface area contributed by atoms with E-state index in [1.165, 1.54) is 5.69 Å². The number of halogens is 1. The molecule has 1 aromatic carbocycles. The quantitative estimate of drug-likeness (QED) is 0.883. The molecule has 0 aliphatic carbocycles. The minimum Gasteiger partial charge on any atom is -0.378 e. The first-order chi connectivity index (χ1) is 9.61. The van der Waals surface area contributed by atoms with Crippen LogP contribution in [0.25, 0.3) is 0 Å². The molecule has 0 spiro atoms. The van der Waals surface area contributed by atoms with Crippen LogP contribution in [0, 0.1) is 0 Å². The summed E-state index contributed by atoms with van der Waals surface area (Å²) < 4.78 is 2.17. The van der Waals surface area contributed by atoms with E-state index in [1.807, 2.05) is 44.8 Å². The van der Waals surface area contributed by atoms with E-state index in [9.17, 15) is 0 Å². The summed E-state index contributed by atoms with van der Waals surface area (Å²) in [4.78, 5) is 6.29. The van der Waals surface area contributed by atoms with Crippen molar-refractivity contribution in [2.75, 3.05) is 24.3 Å². The van der Waals surface area contributed by atoms with Crippen molar-refractivity contribution in [2.45, 2.75) is 26.4 Å². The first kappa shape index (κ1) is 14.7. The zero-order valence-electron chi connectivity index (χ0n) is 12.2. The van der Waals surface area contributed by atoms with Gasteiger partial charge in [-0.2, -0.15) is 0 Å². The lowest BCUT2D eigenvalue weighted by atomic mass is 10.2. The molecule has 20 heavy (non-hydrogen) atoms. The standard InChI is InChI=1S/C15H21ClN4/c1-4-7-20-11-17-9-13(20)10-18-14-8-12(16)5-6-15(14)19(2)3/h5-6,8-9,11,18H,4,7,10H2,1-3H3. The summed E-state index contributed by atoms with van der Waals surface area (Å²) in [6.07, 6.45) is 4.89. The van der Waals surface area contributed by atoms with Gasteiger partial charge in [0.25, 0.3) is 0 Å². The van der Waals surface area contributed by atoms with Crippen molar-refractivity contribution in [3.8, 4) is 0 Å². The van der Waals surface area contributed by atoms with Crippen LogP contribution in [0.15, 0.2) is 30.7 Å². The summed E-state index contributed by atoms with van der Waals surface area (Å²) in [5.74, 6) is 0. The lowest BCUT2D eigenvalue weighted by Crippen LogP contribution is -2.13. The highest BCUT2D eigenvalue weighted by Crippen LogP contribution is 2.28. The maximum atomic E-state index is 6.09. The van der Waals surface area contributed by atoms with Gasteiger partial charge in [0, 0.05) is 31.9 Å². The van der Waals surface area contributed by atoms with Crippen LogP contribution in [0.3, 0.4) is 0 Å². The predicted octanol–water partition coefficient (Wildman–Crippen LogP) is 3.62. The largest absolute Gasteiger partial charge is 0.378 e. The van der Waals surface area contributed by atoms with E-state index in [0.29, 0.717) is 0 Å². The number of hydrogen-bond donors (Lipinski definition) is 1. The second kappa shape index (κ2) is 6.66. The van der Waals surface area contributed by atoms with E-state index in [1.54, 1.807) is 0 Å². The highest BCUT2D eigenvalue weighted by atomic mass is 35.5. The molecule has 108 valence electrons. The highest BCUT2D eigenvalue weighted by Gasteiger charge is 2.07. The number of benzene rings is 1. The maximum absolute atomic E-state index is 6.09. The Morgan fingerprint density at radius 3 is 2.85 bits per heavy atom. The van der Waals surface area contributed by atoms with E-state index >= 15 is 0 Å². The van der Waals surface area contributed by atoms with E-state index in [-0.39, 0.29) is 0 Å². The Labute approximate surface area is 125 Å². The second-order valence-electron chi connectivity index (χ2n) is 4.99. The summed E-state index contributed by atoms with van der Waals surface area (Å²) in [6.45, 7) is 3.90. The summed E-state index contributed by atoms with van der Waals surface area (Å²) >= 11 is 6.09. The number of hydrogen-bond acceptors (Lipinski definition) is 3. The van der Waals surface area contributed by atoms with Crippen LogP contribution in [0.4, 0.5) is 11.4 Å². The first-order valence-electron chi connectivity index (χ1n) is 6.81. The van der Waals surface area contributed by atoms with Crippen molar-refractivity contribution in [2.24, 2.45) is 0 Å². The molecule has 0 aliphatic heterocycles. The molecule has 0 bridgehead atoms. The molecule has 0 saturated heterocycles. The van der Waals surface area contributed by atoms with Gasteiger partial charge < -0.3 is 14.8 Å². The average molecular weight is 293 g/mol. The zero-order valence-corrected chi connectivity index (χ0v) is 13.0. The lowest BCUT2D eigenvalue weighted by Gasteiger charge is -2.19. The monoisotopic (exact) mass is 292 g/mol. The summed E-state index contributed by atoms with van der Waals surface area (Å²) in [5, 5.41) is 4.19. The average Bonchev–Trinajstić information content (AvgIpc) is 2.84. The van der Waals surface area contributed by atoms with Gasteiger partial charge in [-0.15, -0.1) is 0 Å². The molecule has 1 aromatic heterocycles. The number of aryl methyl sites for hydroxylation is 1. The van der Waals surface area contributed by atoms with E-state index in [4.69, 9.17) is 11.6 Å². The fourth-order valence-electron chi connectivity index (χ4n) is 2.16. The summed E-state index contributed by atoms with van der Waals surface area (Å²) in [5.41, 5.74) is 3.33. The van der Waals surface area contributed by atoms with Gasteiger partial charge in [0.1, 0.15) is 0 Å². The van der Waals surface area contributed by atoms with E-state index in [0.717, 1.165) is 35.9 Å². The number of imidazole rings is 1. The number of aromatic nitrogens is 2. The molecule has 0 saturated carbocycles. The molecule has 1 heterocycles. The van der Waals surface area contributed by atoms with Crippen LogP contribution in [-0.2, 0) is 13.1 Å². The third-order valence-electron chi connectivity index (χ3n) is 3.16. The smallest absolute Gasteiger partial charge is 0.0948 e. The van der Waals surface area contributed by atoms with Crippen molar-refractivity contribution < 1.29 is 0 Å². The molecule has 0 fully saturated rings.